The van der Waals surface area contributed by atoms with Gasteiger partial charge in [0.05, 0.1) is 5.39 Å². The second-order valence-electron chi connectivity index (χ2n) is 11.2. The average Bonchev–Trinajstić information content (AvgIpc) is 3.53. The van der Waals surface area contributed by atoms with Gasteiger partial charge in [0.25, 0.3) is 0 Å². The van der Waals surface area contributed by atoms with E-state index >= 15 is 0 Å². The maximum atomic E-state index is 6.27. The van der Waals surface area contributed by atoms with Gasteiger partial charge in [-0.15, -0.1) is 0 Å². The third-order valence-corrected chi connectivity index (χ3v) is 8.21. The van der Waals surface area contributed by atoms with Gasteiger partial charge < -0.3 is 4.42 Å². The fraction of sp³-hybridized carbons (Fsp3) is 0. The molecule has 220 valence electrons. The van der Waals surface area contributed by atoms with E-state index in [-0.39, 0.29) is 0 Å². The Balaban J connectivity index is 1.19. The molecular formula is C40H24N6O. The summed E-state index contributed by atoms with van der Waals surface area (Å²) >= 11 is 0. The number of pyridine rings is 1. The second-order valence-corrected chi connectivity index (χ2v) is 11.2. The van der Waals surface area contributed by atoms with Gasteiger partial charge in [-0.25, -0.2) is 29.9 Å². The molecule has 0 amide bonds. The van der Waals surface area contributed by atoms with E-state index in [2.05, 4.69) is 35.3 Å². The van der Waals surface area contributed by atoms with Gasteiger partial charge in [-0.2, -0.15) is 0 Å². The topological polar surface area (TPSA) is 90.5 Å². The van der Waals surface area contributed by atoms with Crippen molar-refractivity contribution >= 4 is 33.0 Å². The molecule has 0 radical (unpaired) electrons. The van der Waals surface area contributed by atoms with Crippen LogP contribution in [0.5, 0.6) is 0 Å². The Morgan fingerprint density at radius 2 is 0.957 bits per heavy atom. The fourth-order valence-electron chi connectivity index (χ4n) is 5.85. The molecular weight excluding hydrogens is 580 g/mol. The molecule has 9 rings (SSSR count). The molecule has 4 aromatic heterocycles. The molecule has 4 heterocycles. The summed E-state index contributed by atoms with van der Waals surface area (Å²) in [7, 11) is 0. The largest absolute Gasteiger partial charge is 0.434 e. The first-order valence-electron chi connectivity index (χ1n) is 15.3. The monoisotopic (exact) mass is 604 g/mol. The first kappa shape index (κ1) is 26.8. The lowest BCUT2D eigenvalue weighted by atomic mass is 10.0. The van der Waals surface area contributed by atoms with Gasteiger partial charge in [0.1, 0.15) is 11.2 Å². The van der Waals surface area contributed by atoms with Gasteiger partial charge >= 0.3 is 0 Å². The van der Waals surface area contributed by atoms with Crippen LogP contribution in [0.2, 0.25) is 0 Å². The van der Waals surface area contributed by atoms with Gasteiger partial charge in [-0.05, 0) is 29.0 Å². The first-order chi connectivity index (χ1) is 23.3. The molecule has 0 fully saturated rings. The van der Waals surface area contributed by atoms with Crippen LogP contribution < -0.4 is 0 Å². The molecule has 0 aliphatic rings. The van der Waals surface area contributed by atoms with E-state index in [0.717, 1.165) is 49.5 Å². The number of hydrogen-bond acceptors (Lipinski definition) is 7. The average molecular weight is 605 g/mol. The number of nitrogens with zero attached hydrogens (tertiary/aromatic N) is 6. The summed E-state index contributed by atoms with van der Waals surface area (Å²) in [4.78, 5) is 29.1. The maximum Gasteiger partial charge on any atom is 0.229 e. The molecule has 0 spiro atoms. The van der Waals surface area contributed by atoms with Crippen LogP contribution in [0.15, 0.2) is 150 Å². The molecule has 0 aliphatic heterocycles. The number of hydrogen-bond donors (Lipinski definition) is 0. The molecule has 0 aliphatic carbocycles. The summed E-state index contributed by atoms with van der Waals surface area (Å²) in [6.07, 6.45) is 1.72. The van der Waals surface area contributed by atoms with E-state index in [1.165, 1.54) is 0 Å². The quantitative estimate of drug-likeness (QED) is 0.193. The van der Waals surface area contributed by atoms with E-state index in [4.69, 9.17) is 29.3 Å². The van der Waals surface area contributed by atoms with Crippen LogP contribution in [0.1, 0.15) is 0 Å². The summed E-state index contributed by atoms with van der Waals surface area (Å²) < 4.78 is 6.27. The van der Waals surface area contributed by atoms with Crippen molar-refractivity contribution in [3.8, 4) is 56.8 Å². The van der Waals surface area contributed by atoms with E-state index in [0.29, 0.717) is 40.3 Å². The third kappa shape index (κ3) is 4.87. The predicted molar refractivity (Wildman–Crippen MR) is 185 cm³/mol. The van der Waals surface area contributed by atoms with Crippen molar-refractivity contribution in [1.82, 2.24) is 29.9 Å². The Labute approximate surface area is 269 Å². The standard InChI is InChI=1S/C40H24N6O/c1-3-11-27(12-4-1)36-44-37(28-13-5-2-6-14-28)46-38(45-36)29-20-18-26(19-21-29)33-35-34(32-16-9-23-41-40(32)47-35)43-39(42-33)31-22-17-25-10-7-8-15-30(25)24-31/h1-24H. The molecule has 0 unspecified atom stereocenters. The van der Waals surface area contributed by atoms with Crippen molar-refractivity contribution < 1.29 is 4.42 Å². The highest BCUT2D eigenvalue weighted by Crippen LogP contribution is 2.36. The molecule has 0 bridgehead atoms. The number of furan rings is 1. The van der Waals surface area contributed by atoms with E-state index in [1.807, 2.05) is 109 Å². The van der Waals surface area contributed by atoms with Crippen LogP contribution in [-0.4, -0.2) is 29.9 Å². The smallest absolute Gasteiger partial charge is 0.229 e. The highest BCUT2D eigenvalue weighted by molar-refractivity contribution is 6.06. The molecule has 0 saturated heterocycles. The Bertz CT molecular complexity index is 2510. The summed E-state index contributed by atoms with van der Waals surface area (Å²) in [6, 6.07) is 46.4. The molecule has 9 aromatic rings. The van der Waals surface area contributed by atoms with E-state index in [9.17, 15) is 0 Å². The van der Waals surface area contributed by atoms with Crippen molar-refractivity contribution in [2.24, 2.45) is 0 Å². The molecule has 47 heavy (non-hydrogen) atoms. The number of benzene rings is 5. The zero-order chi connectivity index (χ0) is 31.2. The highest BCUT2D eigenvalue weighted by Gasteiger charge is 2.19. The lowest BCUT2D eigenvalue weighted by Crippen LogP contribution is -2.00. The summed E-state index contributed by atoms with van der Waals surface area (Å²) in [5.74, 6) is 2.44. The Morgan fingerprint density at radius 1 is 0.404 bits per heavy atom. The van der Waals surface area contributed by atoms with Crippen LogP contribution in [0, 0.1) is 0 Å². The molecule has 0 N–H and O–H groups in total. The SMILES string of the molecule is c1ccc(-c2nc(-c3ccccc3)nc(-c3ccc(-c4nc(-c5ccc6ccccc6c5)nc5c4oc4ncccc45)cc3)n2)cc1. The predicted octanol–water partition coefficient (Wildman–Crippen LogP) is 9.44. The summed E-state index contributed by atoms with van der Waals surface area (Å²) in [5.41, 5.74) is 7.04. The molecule has 7 nitrogen and oxygen atoms in total. The van der Waals surface area contributed by atoms with Crippen molar-refractivity contribution in [1.29, 1.82) is 0 Å². The van der Waals surface area contributed by atoms with Crippen molar-refractivity contribution in [3.63, 3.8) is 0 Å². The van der Waals surface area contributed by atoms with Gasteiger partial charge in [-0.1, -0.05) is 121 Å². The van der Waals surface area contributed by atoms with Crippen LogP contribution in [0.25, 0.3) is 89.8 Å². The first-order valence-corrected chi connectivity index (χ1v) is 15.3. The van der Waals surface area contributed by atoms with Crippen molar-refractivity contribution in [3.05, 3.63) is 146 Å². The molecule has 0 atom stereocenters. The number of fused-ring (bicyclic) bond motifs is 4. The van der Waals surface area contributed by atoms with Crippen molar-refractivity contribution in [2.45, 2.75) is 0 Å². The minimum Gasteiger partial charge on any atom is -0.434 e. The van der Waals surface area contributed by atoms with Crippen LogP contribution in [-0.2, 0) is 0 Å². The lowest BCUT2D eigenvalue weighted by molar-refractivity contribution is 0.652. The van der Waals surface area contributed by atoms with Gasteiger partial charge in [0.15, 0.2) is 28.9 Å². The highest BCUT2D eigenvalue weighted by atomic mass is 16.3. The van der Waals surface area contributed by atoms with Gasteiger partial charge in [0, 0.05) is 34.0 Å². The Kier molecular flexibility index (Phi) is 6.31. The zero-order valence-corrected chi connectivity index (χ0v) is 24.9. The van der Waals surface area contributed by atoms with Crippen LogP contribution in [0.4, 0.5) is 0 Å². The number of aromatic nitrogens is 6. The lowest BCUT2D eigenvalue weighted by Gasteiger charge is -2.10. The third-order valence-electron chi connectivity index (χ3n) is 8.21. The Hall–Kier alpha value is -6.60. The summed E-state index contributed by atoms with van der Waals surface area (Å²) in [5, 5.41) is 3.13. The minimum atomic E-state index is 0.525. The van der Waals surface area contributed by atoms with Gasteiger partial charge in [-0.3, -0.25) is 0 Å². The zero-order valence-electron chi connectivity index (χ0n) is 24.9. The maximum absolute atomic E-state index is 6.27. The minimum absolute atomic E-state index is 0.525. The Morgan fingerprint density at radius 3 is 1.64 bits per heavy atom. The van der Waals surface area contributed by atoms with E-state index < -0.39 is 0 Å². The van der Waals surface area contributed by atoms with Crippen LogP contribution >= 0.6 is 0 Å². The number of rotatable bonds is 5. The van der Waals surface area contributed by atoms with E-state index in [1.54, 1.807) is 6.20 Å². The summed E-state index contributed by atoms with van der Waals surface area (Å²) in [6.45, 7) is 0. The molecule has 5 aromatic carbocycles. The second kappa shape index (κ2) is 11.1. The fourth-order valence-corrected chi connectivity index (χ4v) is 5.85. The van der Waals surface area contributed by atoms with Gasteiger partial charge in [0.2, 0.25) is 5.71 Å². The van der Waals surface area contributed by atoms with Crippen molar-refractivity contribution in [2.75, 3.05) is 0 Å². The van der Waals surface area contributed by atoms with Crippen LogP contribution in [0.3, 0.4) is 0 Å². The normalized spacial score (nSPS) is 11.4. The molecule has 0 saturated carbocycles. The molecule has 7 heteroatoms.